The molecular weight excluding hydrogens is 247 g/mol. The lowest BCUT2D eigenvalue weighted by molar-refractivity contribution is 0.102. The number of rotatable bonds is 3. The van der Waals surface area contributed by atoms with Crippen LogP contribution in [0.2, 0.25) is 0 Å². The topological polar surface area (TPSA) is 52.1 Å². The summed E-state index contributed by atoms with van der Waals surface area (Å²) in [4.78, 5) is 12.2. The Hall–Kier alpha value is -2.30. The van der Waals surface area contributed by atoms with Crippen LogP contribution in [-0.4, -0.2) is 23.1 Å². The third-order valence-electron chi connectivity index (χ3n) is 2.74. The minimum atomic E-state index is -0.542. The first-order valence-electron chi connectivity index (χ1n) is 5.72. The Morgan fingerprint density at radius 1 is 1.21 bits per heavy atom. The standard InChI is InChI=1S/C14H13FN2O2/c1-8-6-9(2)13(10(15)7-8)14(18)11-4-5-12(19-3)17-16-11/h4-7H,1-3H3. The summed E-state index contributed by atoms with van der Waals surface area (Å²) in [5, 5.41) is 7.44. The van der Waals surface area contributed by atoms with Crippen molar-refractivity contribution in [1.29, 1.82) is 0 Å². The summed E-state index contributed by atoms with van der Waals surface area (Å²) in [7, 11) is 1.45. The van der Waals surface area contributed by atoms with E-state index in [0.717, 1.165) is 5.56 Å². The van der Waals surface area contributed by atoms with E-state index in [1.54, 1.807) is 19.9 Å². The summed E-state index contributed by atoms with van der Waals surface area (Å²) >= 11 is 0. The van der Waals surface area contributed by atoms with Crippen molar-refractivity contribution in [3.05, 3.63) is 52.5 Å². The van der Waals surface area contributed by atoms with Crippen LogP contribution in [0.15, 0.2) is 24.3 Å². The average Bonchev–Trinajstić information content (AvgIpc) is 2.37. The SMILES string of the molecule is COc1ccc(C(=O)c2c(C)cc(C)cc2F)nn1. The fraction of sp³-hybridized carbons (Fsp3) is 0.214. The van der Waals surface area contributed by atoms with Crippen LogP contribution in [-0.2, 0) is 0 Å². The second-order valence-electron chi connectivity index (χ2n) is 4.23. The van der Waals surface area contributed by atoms with Crippen molar-refractivity contribution in [3.8, 4) is 5.88 Å². The molecule has 0 saturated carbocycles. The van der Waals surface area contributed by atoms with Gasteiger partial charge in [0.25, 0.3) is 0 Å². The molecule has 2 rings (SSSR count). The van der Waals surface area contributed by atoms with Crippen molar-refractivity contribution >= 4 is 5.78 Å². The van der Waals surface area contributed by atoms with Gasteiger partial charge in [-0.05, 0) is 37.1 Å². The Labute approximate surface area is 110 Å². The highest BCUT2D eigenvalue weighted by Crippen LogP contribution is 2.19. The quantitative estimate of drug-likeness (QED) is 0.795. The molecule has 1 aromatic carbocycles. The molecule has 4 nitrogen and oxygen atoms in total. The predicted molar refractivity (Wildman–Crippen MR) is 67.9 cm³/mol. The minimum absolute atomic E-state index is 0.0325. The van der Waals surface area contributed by atoms with Crippen molar-refractivity contribution in [2.75, 3.05) is 7.11 Å². The molecule has 1 aromatic heterocycles. The van der Waals surface area contributed by atoms with E-state index in [4.69, 9.17) is 4.74 Å². The van der Waals surface area contributed by atoms with E-state index in [1.165, 1.54) is 25.3 Å². The van der Waals surface area contributed by atoms with E-state index >= 15 is 0 Å². The number of benzene rings is 1. The molecule has 0 bridgehead atoms. The normalized spacial score (nSPS) is 10.3. The molecule has 5 heteroatoms. The van der Waals surface area contributed by atoms with Gasteiger partial charge in [0.05, 0.1) is 12.7 Å². The van der Waals surface area contributed by atoms with Gasteiger partial charge in [-0.1, -0.05) is 6.07 Å². The predicted octanol–water partition coefficient (Wildman–Crippen LogP) is 2.47. The number of ketones is 1. The molecule has 98 valence electrons. The van der Waals surface area contributed by atoms with E-state index in [0.29, 0.717) is 11.4 Å². The molecule has 0 fully saturated rings. The third-order valence-corrected chi connectivity index (χ3v) is 2.74. The van der Waals surface area contributed by atoms with E-state index < -0.39 is 11.6 Å². The number of methoxy groups -OCH3 is 1. The van der Waals surface area contributed by atoms with Gasteiger partial charge >= 0.3 is 0 Å². The Morgan fingerprint density at radius 2 is 1.95 bits per heavy atom. The summed E-state index contributed by atoms with van der Waals surface area (Å²) in [6, 6.07) is 6.07. The molecule has 0 atom stereocenters. The van der Waals surface area contributed by atoms with Crippen LogP contribution in [0.25, 0.3) is 0 Å². The molecule has 0 N–H and O–H groups in total. The Kier molecular flexibility index (Phi) is 3.55. The Bertz CT molecular complexity index is 601. The minimum Gasteiger partial charge on any atom is -0.480 e. The van der Waals surface area contributed by atoms with Crippen molar-refractivity contribution in [3.63, 3.8) is 0 Å². The molecule has 1 heterocycles. The fourth-order valence-corrected chi connectivity index (χ4v) is 1.88. The lowest BCUT2D eigenvalue weighted by Crippen LogP contribution is -2.10. The highest BCUT2D eigenvalue weighted by Gasteiger charge is 2.18. The zero-order valence-corrected chi connectivity index (χ0v) is 10.9. The van der Waals surface area contributed by atoms with Crippen LogP contribution in [0.3, 0.4) is 0 Å². The number of nitrogens with zero attached hydrogens (tertiary/aromatic N) is 2. The Morgan fingerprint density at radius 3 is 2.47 bits per heavy atom. The maximum absolute atomic E-state index is 13.9. The van der Waals surface area contributed by atoms with Gasteiger partial charge in [0.1, 0.15) is 11.5 Å². The highest BCUT2D eigenvalue weighted by molar-refractivity contribution is 6.08. The summed E-state index contributed by atoms with van der Waals surface area (Å²) < 4.78 is 18.8. The van der Waals surface area contributed by atoms with Crippen molar-refractivity contribution in [2.45, 2.75) is 13.8 Å². The monoisotopic (exact) mass is 260 g/mol. The van der Waals surface area contributed by atoms with Crippen LogP contribution in [0.5, 0.6) is 5.88 Å². The zero-order chi connectivity index (χ0) is 14.0. The van der Waals surface area contributed by atoms with Crippen LogP contribution < -0.4 is 4.74 Å². The maximum atomic E-state index is 13.9. The maximum Gasteiger partial charge on any atom is 0.233 e. The lowest BCUT2D eigenvalue weighted by atomic mass is 9.99. The molecule has 2 aromatic rings. The number of halogens is 1. The number of aromatic nitrogens is 2. The number of hydrogen-bond donors (Lipinski definition) is 0. The van der Waals surface area contributed by atoms with Gasteiger partial charge in [-0.3, -0.25) is 4.79 Å². The average molecular weight is 260 g/mol. The second-order valence-corrected chi connectivity index (χ2v) is 4.23. The van der Waals surface area contributed by atoms with E-state index in [9.17, 15) is 9.18 Å². The van der Waals surface area contributed by atoms with Gasteiger partial charge in [0.15, 0.2) is 0 Å². The van der Waals surface area contributed by atoms with Gasteiger partial charge in [0, 0.05) is 6.07 Å². The van der Waals surface area contributed by atoms with E-state index in [-0.39, 0.29) is 11.3 Å². The molecule has 0 spiro atoms. The fourth-order valence-electron chi connectivity index (χ4n) is 1.88. The molecular formula is C14H13FN2O2. The first kappa shape index (κ1) is 13.1. The van der Waals surface area contributed by atoms with Crippen LogP contribution in [0.1, 0.15) is 27.2 Å². The second kappa shape index (κ2) is 5.14. The van der Waals surface area contributed by atoms with E-state index in [2.05, 4.69) is 10.2 Å². The van der Waals surface area contributed by atoms with E-state index in [1.807, 2.05) is 0 Å². The Balaban J connectivity index is 2.44. The van der Waals surface area contributed by atoms with Crippen molar-refractivity contribution < 1.29 is 13.9 Å². The van der Waals surface area contributed by atoms with Gasteiger partial charge in [-0.15, -0.1) is 10.2 Å². The smallest absolute Gasteiger partial charge is 0.233 e. The molecule has 0 aliphatic rings. The van der Waals surface area contributed by atoms with Gasteiger partial charge in [-0.2, -0.15) is 0 Å². The first-order valence-corrected chi connectivity index (χ1v) is 5.72. The summed E-state index contributed by atoms with van der Waals surface area (Å²) in [6.07, 6.45) is 0. The van der Waals surface area contributed by atoms with Gasteiger partial charge < -0.3 is 4.74 Å². The molecule has 0 aliphatic heterocycles. The summed E-state index contributed by atoms with van der Waals surface area (Å²) in [5.74, 6) is -0.720. The highest BCUT2D eigenvalue weighted by atomic mass is 19.1. The van der Waals surface area contributed by atoms with Gasteiger partial charge in [-0.25, -0.2) is 4.39 Å². The third kappa shape index (κ3) is 2.59. The van der Waals surface area contributed by atoms with Crippen molar-refractivity contribution in [1.82, 2.24) is 10.2 Å². The summed E-state index contributed by atoms with van der Waals surface area (Å²) in [5.41, 5.74) is 1.48. The molecule has 0 aliphatic carbocycles. The number of carbonyl (C=O) groups excluding carboxylic acids is 1. The van der Waals surface area contributed by atoms with Gasteiger partial charge in [0.2, 0.25) is 11.7 Å². The number of ether oxygens (including phenoxy) is 1. The number of carbonyl (C=O) groups is 1. The molecule has 0 radical (unpaired) electrons. The first-order chi connectivity index (χ1) is 9.02. The number of hydrogen-bond acceptors (Lipinski definition) is 4. The largest absolute Gasteiger partial charge is 0.480 e. The van der Waals surface area contributed by atoms with Crippen molar-refractivity contribution in [2.24, 2.45) is 0 Å². The molecule has 0 unspecified atom stereocenters. The molecule has 0 saturated heterocycles. The summed E-state index contributed by atoms with van der Waals surface area (Å²) in [6.45, 7) is 3.47. The molecule has 0 amide bonds. The van der Waals surface area contributed by atoms with Crippen LogP contribution >= 0.6 is 0 Å². The lowest BCUT2D eigenvalue weighted by Gasteiger charge is -2.07. The van der Waals surface area contributed by atoms with Crippen LogP contribution in [0, 0.1) is 19.7 Å². The number of aryl methyl sites for hydroxylation is 2. The zero-order valence-electron chi connectivity index (χ0n) is 10.9. The van der Waals surface area contributed by atoms with Crippen LogP contribution in [0.4, 0.5) is 4.39 Å². The molecule has 19 heavy (non-hydrogen) atoms.